The molecule has 19 heavy (non-hydrogen) atoms. The van der Waals surface area contributed by atoms with Crippen LogP contribution in [0.1, 0.15) is 37.0 Å². The molecule has 4 nitrogen and oxygen atoms in total. The molecule has 2 fully saturated rings. The molecule has 106 valence electrons. The van der Waals surface area contributed by atoms with Gasteiger partial charge >= 0.3 is 0 Å². The minimum atomic E-state index is 0.728. The zero-order chi connectivity index (χ0) is 13.1. The molecule has 2 aliphatic carbocycles. The Labute approximate surface area is 115 Å². The molecule has 2 saturated carbocycles. The highest BCUT2D eigenvalue weighted by Crippen LogP contribution is 2.29. The van der Waals surface area contributed by atoms with Crippen LogP contribution in [-0.2, 0) is 17.8 Å². The highest BCUT2D eigenvalue weighted by atomic mass is 16.5. The quantitative estimate of drug-likeness (QED) is 0.741. The van der Waals surface area contributed by atoms with E-state index in [1.165, 1.54) is 31.2 Å². The number of hydrogen-bond donors (Lipinski definition) is 1. The first-order valence-corrected chi connectivity index (χ1v) is 7.38. The molecule has 1 heterocycles. The first-order valence-electron chi connectivity index (χ1n) is 7.38. The lowest BCUT2D eigenvalue weighted by molar-refractivity contribution is 0.139. The van der Waals surface area contributed by atoms with E-state index in [1.54, 1.807) is 7.11 Å². The van der Waals surface area contributed by atoms with Crippen molar-refractivity contribution in [2.75, 3.05) is 20.3 Å². The number of hydrogen-bond acceptors (Lipinski definition) is 4. The fourth-order valence-electron chi connectivity index (χ4n) is 2.45. The van der Waals surface area contributed by atoms with Gasteiger partial charge in [0.2, 0.25) is 0 Å². The summed E-state index contributed by atoms with van der Waals surface area (Å²) in [5.41, 5.74) is 1.33. The predicted octanol–water partition coefficient (Wildman–Crippen LogP) is 2.14. The van der Waals surface area contributed by atoms with Gasteiger partial charge in [-0.15, -0.1) is 0 Å². The third-order valence-corrected chi connectivity index (χ3v) is 3.99. The van der Waals surface area contributed by atoms with Crippen molar-refractivity contribution in [3.8, 4) is 0 Å². The van der Waals surface area contributed by atoms with Crippen molar-refractivity contribution in [3.63, 3.8) is 0 Å². The molecule has 4 heteroatoms. The lowest BCUT2D eigenvalue weighted by Crippen LogP contribution is -2.29. The van der Waals surface area contributed by atoms with Crippen molar-refractivity contribution in [2.45, 2.75) is 50.9 Å². The zero-order valence-corrected chi connectivity index (χ0v) is 11.7. The number of nitrogens with zero attached hydrogens (tertiary/aromatic N) is 1. The molecule has 0 atom stereocenters. The van der Waals surface area contributed by atoms with Crippen molar-refractivity contribution in [2.24, 2.45) is 0 Å². The molecule has 0 spiro atoms. The van der Waals surface area contributed by atoms with Crippen molar-refractivity contribution in [1.82, 2.24) is 10.2 Å². The third kappa shape index (κ3) is 3.81. The van der Waals surface area contributed by atoms with E-state index < -0.39 is 0 Å². The van der Waals surface area contributed by atoms with Gasteiger partial charge in [0.05, 0.1) is 19.4 Å². The molecule has 2 aliphatic rings. The van der Waals surface area contributed by atoms with Gasteiger partial charge < -0.3 is 14.5 Å². The van der Waals surface area contributed by atoms with E-state index in [2.05, 4.69) is 16.3 Å². The average molecular weight is 264 g/mol. The largest absolute Gasteiger partial charge is 0.468 e. The molecule has 0 radical (unpaired) electrons. The summed E-state index contributed by atoms with van der Waals surface area (Å²) in [5.74, 6) is 1.11. The van der Waals surface area contributed by atoms with Crippen LogP contribution in [0.2, 0.25) is 0 Å². The molecule has 3 rings (SSSR count). The van der Waals surface area contributed by atoms with Gasteiger partial charge in [-0.25, -0.2) is 0 Å². The van der Waals surface area contributed by atoms with Crippen LogP contribution in [0.15, 0.2) is 16.7 Å². The summed E-state index contributed by atoms with van der Waals surface area (Å²) in [4.78, 5) is 2.52. The second kappa shape index (κ2) is 6.07. The zero-order valence-electron chi connectivity index (χ0n) is 11.7. The van der Waals surface area contributed by atoms with Gasteiger partial charge in [-0.2, -0.15) is 0 Å². The number of ether oxygens (including phenoxy) is 1. The summed E-state index contributed by atoms with van der Waals surface area (Å²) < 4.78 is 10.8. The maximum Gasteiger partial charge on any atom is 0.122 e. The summed E-state index contributed by atoms with van der Waals surface area (Å²) in [5, 5.41) is 3.52. The van der Waals surface area contributed by atoms with Crippen LogP contribution in [0.25, 0.3) is 0 Å². The first-order chi connectivity index (χ1) is 9.36. The van der Waals surface area contributed by atoms with E-state index in [4.69, 9.17) is 9.15 Å². The average Bonchev–Trinajstić information content (AvgIpc) is 3.32. The summed E-state index contributed by atoms with van der Waals surface area (Å²) >= 11 is 0. The number of nitrogens with one attached hydrogen (secondary N) is 1. The van der Waals surface area contributed by atoms with E-state index in [0.29, 0.717) is 0 Å². The van der Waals surface area contributed by atoms with E-state index in [9.17, 15) is 0 Å². The molecule has 0 aromatic carbocycles. The van der Waals surface area contributed by atoms with Crippen LogP contribution in [-0.4, -0.2) is 37.2 Å². The smallest absolute Gasteiger partial charge is 0.122 e. The Morgan fingerprint density at radius 2 is 2.21 bits per heavy atom. The number of rotatable bonds is 9. The van der Waals surface area contributed by atoms with Crippen LogP contribution in [0.4, 0.5) is 0 Å². The standard InChI is InChI=1S/C15H24N2O2/c1-18-9-7-17(14-4-5-14)11-12-6-8-19-15(12)10-16-13-2-3-13/h6,8,13-14,16H,2-5,7,9-11H2,1H3. The monoisotopic (exact) mass is 264 g/mol. The fourth-order valence-corrected chi connectivity index (χ4v) is 2.45. The Morgan fingerprint density at radius 1 is 1.37 bits per heavy atom. The summed E-state index contributed by atoms with van der Waals surface area (Å²) in [6.07, 6.45) is 7.12. The molecule has 0 amide bonds. The molecular formula is C15H24N2O2. The lowest BCUT2D eigenvalue weighted by Gasteiger charge is -2.21. The first kappa shape index (κ1) is 13.2. The highest BCUT2D eigenvalue weighted by molar-refractivity contribution is 5.17. The normalized spacial score (nSPS) is 19.3. The SMILES string of the molecule is COCCN(Cc1ccoc1CNC1CC1)C1CC1. The second-order valence-corrected chi connectivity index (χ2v) is 5.72. The van der Waals surface area contributed by atoms with E-state index in [0.717, 1.165) is 44.1 Å². The molecular weight excluding hydrogens is 240 g/mol. The lowest BCUT2D eigenvalue weighted by atomic mass is 10.2. The van der Waals surface area contributed by atoms with E-state index in [1.807, 2.05) is 6.26 Å². The van der Waals surface area contributed by atoms with Crippen LogP contribution in [0, 0.1) is 0 Å². The second-order valence-electron chi connectivity index (χ2n) is 5.72. The van der Waals surface area contributed by atoms with Crippen LogP contribution < -0.4 is 5.32 Å². The van der Waals surface area contributed by atoms with E-state index >= 15 is 0 Å². The van der Waals surface area contributed by atoms with Crippen LogP contribution in [0.3, 0.4) is 0 Å². The Hall–Kier alpha value is -0.840. The Balaban J connectivity index is 1.55. The highest BCUT2D eigenvalue weighted by Gasteiger charge is 2.29. The maximum atomic E-state index is 5.63. The van der Waals surface area contributed by atoms with Crippen LogP contribution >= 0.6 is 0 Å². The Bertz CT molecular complexity index is 397. The summed E-state index contributed by atoms with van der Waals surface area (Å²) in [7, 11) is 1.77. The molecule has 1 N–H and O–H groups in total. The molecule has 0 unspecified atom stereocenters. The van der Waals surface area contributed by atoms with Gasteiger partial charge in [0.1, 0.15) is 5.76 Å². The Kier molecular flexibility index (Phi) is 4.21. The topological polar surface area (TPSA) is 37.6 Å². The molecule has 1 aromatic rings. The van der Waals surface area contributed by atoms with Gasteiger partial charge in [0.25, 0.3) is 0 Å². The van der Waals surface area contributed by atoms with Gasteiger partial charge in [0, 0.05) is 37.8 Å². The van der Waals surface area contributed by atoms with Gasteiger partial charge in [-0.05, 0) is 31.7 Å². The molecule has 1 aromatic heterocycles. The molecule has 0 aliphatic heterocycles. The minimum Gasteiger partial charge on any atom is -0.468 e. The van der Waals surface area contributed by atoms with Gasteiger partial charge in [-0.1, -0.05) is 0 Å². The van der Waals surface area contributed by atoms with Crippen molar-refractivity contribution < 1.29 is 9.15 Å². The Morgan fingerprint density at radius 3 is 2.89 bits per heavy atom. The molecule has 0 bridgehead atoms. The summed E-state index contributed by atoms with van der Waals surface area (Å²) in [6.45, 7) is 3.69. The van der Waals surface area contributed by atoms with E-state index in [-0.39, 0.29) is 0 Å². The maximum absolute atomic E-state index is 5.63. The predicted molar refractivity (Wildman–Crippen MR) is 73.9 cm³/mol. The summed E-state index contributed by atoms with van der Waals surface area (Å²) in [6, 6.07) is 3.60. The van der Waals surface area contributed by atoms with Crippen molar-refractivity contribution in [1.29, 1.82) is 0 Å². The van der Waals surface area contributed by atoms with Gasteiger partial charge in [0.15, 0.2) is 0 Å². The third-order valence-electron chi connectivity index (χ3n) is 3.99. The van der Waals surface area contributed by atoms with Gasteiger partial charge in [-0.3, -0.25) is 4.90 Å². The number of furan rings is 1. The fraction of sp³-hybridized carbons (Fsp3) is 0.733. The van der Waals surface area contributed by atoms with Crippen molar-refractivity contribution >= 4 is 0 Å². The minimum absolute atomic E-state index is 0.728. The van der Waals surface area contributed by atoms with Crippen LogP contribution in [0.5, 0.6) is 0 Å². The van der Waals surface area contributed by atoms with Crippen molar-refractivity contribution in [3.05, 3.63) is 23.7 Å². The number of methoxy groups -OCH3 is 1. The molecule has 0 saturated heterocycles.